The van der Waals surface area contributed by atoms with Crippen LogP contribution in [0, 0.1) is 0 Å². The summed E-state index contributed by atoms with van der Waals surface area (Å²) in [6.07, 6.45) is 0. The Morgan fingerprint density at radius 3 is 2.11 bits per heavy atom. The van der Waals surface area contributed by atoms with Crippen LogP contribution in [0.1, 0.15) is 47.1 Å². The first-order valence-electron chi connectivity index (χ1n) is 8.47. The Kier molecular flexibility index (Phi) is 7.15. The number of amides is 2. The van der Waals surface area contributed by atoms with Gasteiger partial charge in [0.1, 0.15) is 5.75 Å². The number of ether oxygens (including phenoxy) is 1. The zero-order valence-corrected chi connectivity index (χ0v) is 18.5. The number of benzene rings is 2. The average Bonchev–Trinajstić information content (AvgIpc) is 2.65. The van der Waals surface area contributed by atoms with E-state index >= 15 is 0 Å². The minimum absolute atomic E-state index is 0.00948. The summed E-state index contributed by atoms with van der Waals surface area (Å²) in [6.45, 7) is 6.31. The predicted octanol–water partition coefficient (Wildman–Crippen LogP) is 3.70. The van der Waals surface area contributed by atoms with Crippen molar-refractivity contribution in [2.24, 2.45) is 0 Å². The molecule has 0 radical (unpaired) electrons. The summed E-state index contributed by atoms with van der Waals surface area (Å²) in [5.74, 6) is -0.157. The van der Waals surface area contributed by atoms with Crippen molar-refractivity contribution < 1.29 is 14.3 Å². The number of hydrogen-bond donors (Lipinski definition) is 3. The molecule has 2 aromatic rings. The van der Waals surface area contributed by atoms with E-state index in [0.29, 0.717) is 21.3 Å². The van der Waals surface area contributed by atoms with E-state index in [1.807, 2.05) is 12.1 Å². The average molecular weight is 464 g/mol. The van der Waals surface area contributed by atoms with Crippen LogP contribution in [-0.2, 0) is 5.41 Å². The molecule has 0 atom stereocenters. The maximum atomic E-state index is 12.2. The van der Waals surface area contributed by atoms with Gasteiger partial charge in [0, 0.05) is 11.1 Å². The van der Waals surface area contributed by atoms with Crippen LogP contribution in [0.2, 0.25) is 0 Å². The molecule has 0 fully saturated rings. The molecule has 0 aromatic heterocycles. The Morgan fingerprint density at radius 1 is 0.964 bits per heavy atom. The van der Waals surface area contributed by atoms with Crippen molar-refractivity contribution in [2.45, 2.75) is 26.2 Å². The third kappa shape index (κ3) is 5.77. The molecule has 3 N–H and O–H groups in total. The number of carbonyl (C=O) groups is 2. The number of halogens is 1. The lowest BCUT2D eigenvalue weighted by Crippen LogP contribution is -2.48. The molecule has 28 heavy (non-hydrogen) atoms. The Hall–Kier alpha value is -2.45. The number of methoxy groups -OCH3 is 1. The molecule has 148 valence electrons. The van der Waals surface area contributed by atoms with Crippen LogP contribution in [0.15, 0.2) is 46.9 Å². The van der Waals surface area contributed by atoms with Gasteiger partial charge >= 0.3 is 0 Å². The summed E-state index contributed by atoms with van der Waals surface area (Å²) in [5.41, 5.74) is 7.01. The van der Waals surface area contributed by atoms with Crippen LogP contribution in [-0.4, -0.2) is 24.0 Å². The minimum atomic E-state index is -0.412. The molecule has 0 saturated heterocycles. The highest BCUT2D eigenvalue weighted by Gasteiger charge is 2.15. The van der Waals surface area contributed by atoms with Gasteiger partial charge in [0.2, 0.25) is 0 Å². The molecule has 2 aromatic carbocycles. The highest BCUT2D eigenvalue weighted by Crippen LogP contribution is 2.25. The largest absolute Gasteiger partial charge is 0.496 e. The number of hydrazine groups is 1. The van der Waals surface area contributed by atoms with E-state index in [9.17, 15) is 9.59 Å². The predicted molar refractivity (Wildman–Crippen MR) is 117 cm³/mol. The van der Waals surface area contributed by atoms with Gasteiger partial charge < -0.3 is 4.74 Å². The molecule has 2 rings (SSSR count). The van der Waals surface area contributed by atoms with Crippen LogP contribution in [0.25, 0.3) is 0 Å². The fourth-order valence-corrected chi connectivity index (χ4v) is 3.01. The number of thiocarbonyl (C=S) groups is 1. The van der Waals surface area contributed by atoms with Crippen molar-refractivity contribution >= 4 is 45.1 Å². The minimum Gasteiger partial charge on any atom is -0.496 e. The standard InChI is InChI=1S/C20H22BrN3O3S/c1-20(2,3)14-8-5-12(6-9-14)18(26)23-24-19(28)22-17(25)13-7-10-16(27-4)15(21)11-13/h5-11H,1-4H3,(H,23,26)(H2,22,24,25,28). The molecule has 0 aliphatic carbocycles. The fraction of sp³-hybridized carbons (Fsp3) is 0.250. The van der Waals surface area contributed by atoms with Crippen molar-refractivity contribution in [3.63, 3.8) is 0 Å². The molecule has 0 unspecified atom stereocenters. The van der Waals surface area contributed by atoms with Crippen LogP contribution >= 0.6 is 28.1 Å². The van der Waals surface area contributed by atoms with Gasteiger partial charge in [-0.05, 0) is 69.5 Å². The first-order valence-corrected chi connectivity index (χ1v) is 9.67. The number of nitrogens with one attached hydrogen (secondary N) is 3. The van der Waals surface area contributed by atoms with E-state index in [-0.39, 0.29) is 16.4 Å². The lowest BCUT2D eigenvalue weighted by atomic mass is 9.87. The second-order valence-electron chi connectivity index (χ2n) is 7.04. The van der Waals surface area contributed by atoms with E-state index in [0.717, 1.165) is 5.56 Å². The maximum absolute atomic E-state index is 12.2. The topological polar surface area (TPSA) is 79.5 Å². The first kappa shape index (κ1) is 21.8. The third-order valence-electron chi connectivity index (χ3n) is 3.94. The van der Waals surface area contributed by atoms with Crippen LogP contribution in [0.3, 0.4) is 0 Å². The van der Waals surface area contributed by atoms with Gasteiger partial charge in [0.25, 0.3) is 11.8 Å². The first-order chi connectivity index (χ1) is 13.1. The highest BCUT2D eigenvalue weighted by molar-refractivity contribution is 9.10. The molecule has 6 nitrogen and oxygen atoms in total. The van der Waals surface area contributed by atoms with E-state index in [4.69, 9.17) is 17.0 Å². The normalized spacial score (nSPS) is 10.8. The maximum Gasteiger partial charge on any atom is 0.269 e. The van der Waals surface area contributed by atoms with E-state index in [1.165, 1.54) is 7.11 Å². The van der Waals surface area contributed by atoms with Crippen LogP contribution < -0.4 is 20.9 Å². The number of carbonyl (C=O) groups excluding carboxylic acids is 2. The number of rotatable bonds is 3. The Bertz CT molecular complexity index is 893. The summed E-state index contributed by atoms with van der Waals surface area (Å²) < 4.78 is 5.78. The van der Waals surface area contributed by atoms with Crippen molar-refractivity contribution in [1.29, 1.82) is 0 Å². The third-order valence-corrected chi connectivity index (χ3v) is 4.77. The van der Waals surface area contributed by atoms with Crippen LogP contribution in [0.4, 0.5) is 0 Å². The fourth-order valence-electron chi connectivity index (χ4n) is 2.32. The Labute approximate surface area is 178 Å². The zero-order valence-electron chi connectivity index (χ0n) is 16.1. The summed E-state index contributed by atoms with van der Waals surface area (Å²) >= 11 is 8.38. The van der Waals surface area contributed by atoms with E-state index < -0.39 is 5.91 Å². The Morgan fingerprint density at radius 2 is 1.57 bits per heavy atom. The van der Waals surface area contributed by atoms with Gasteiger partial charge in [0.15, 0.2) is 5.11 Å². The summed E-state index contributed by atoms with van der Waals surface area (Å²) in [6, 6.07) is 12.2. The van der Waals surface area contributed by atoms with E-state index in [1.54, 1.807) is 30.3 Å². The smallest absolute Gasteiger partial charge is 0.269 e. The highest BCUT2D eigenvalue weighted by atomic mass is 79.9. The second-order valence-corrected chi connectivity index (χ2v) is 8.30. The second kappa shape index (κ2) is 9.16. The lowest BCUT2D eigenvalue weighted by Gasteiger charge is -2.19. The van der Waals surface area contributed by atoms with Crippen molar-refractivity contribution in [2.75, 3.05) is 7.11 Å². The molecule has 0 aliphatic rings. The summed E-state index contributed by atoms with van der Waals surface area (Å²) in [5, 5.41) is 2.48. The SMILES string of the molecule is COc1ccc(C(=O)NC(=S)NNC(=O)c2ccc(C(C)(C)C)cc2)cc1Br. The molecule has 0 heterocycles. The van der Waals surface area contributed by atoms with Gasteiger partial charge in [-0.2, -0.15) is 0 Å². The Balaban J connectivity index is 1.90. The van der Waals surface area contributed by atoms with Gasteiger partial charge in [0.05, 0.1) is 11.6 Å². The van der Waals surface area contributed by atoms with Gasteiger partial charge in [-0.15, -0.1) is 0 Å². The van der Waals surface area contributed by atoms with Crippen molar-refractivity contribution in [3.05, 3.63) is 63.6 Å². The zero-order chi connectivity index (χ0) is 20.9. The molecule has 0 aliphatic heterocycles. The van der Waals surface area contributed by atoms with Gasteiger partial charge in [-0.3, -0.25) is 25.8 Å². The van der Waals surface area contributed by atoms with Gasteiger partial charge in [-0.1, -0.05) is 32.9 Å². The molecule has 0 bridgehead atoms. The van der Waals surface area contributed by atoms with E-state index in [2.05, 4.69) is 52.9 Å². The molecular formula is C20H22BrN3O3S. The van der Waals surface area contributed by atoms with Gasteiger partial charge in [-0.25, -0.2) is 0 Å². The summed E-state index contributed by atoms with van der Waals surface area (Å²) in [4.78, 5) is 24.5. The van der Waals surface area contributed by atoms with Crippen molar-refractivity contribution in [3.8, 4) is 5.75 Å². The quantitative estimate of drug-likeness (QED) is 0.477. The van der Waals surface area contributed by atoms with Crippen LogP contribution in [0.5, 0.6) is 5.75 Å². The molecule has 2 amide bonds. The molecular weight excluding hydrogens is 442 g/mol. The monoisotopic (exact) mass is 463 g/mol. The molecule has 0 spiro atoms. The molecule has 0 saturated carbocycles. The number of hydrogen-bond acceptors (Lipinski definition) is 4. The molecule has 8 heteroatoms. The summed E-state index contributed by atoms with van der Waals surface area (Å²) in [7, 11) is 1.54. The lowest BCUT2D eigenvalue weighted by molar-refractivity contribution is 0.0934. The van der Waals surface area contributed by atoms with Crippen molar-refractivity contribution in [1.82, 2.24) is 16.2 Å².